The third-order valence-electron chi connectivity index (χ3n) is 14.6. The minimum atomic E-state index is -5.72. The molecule has 60 heavy (non-hydrogen) atoms. The predicted octanol–water partition coefficient (Wildman–Crippen LogP) is 14.0. The van der Waals surface area contributed by atoms with Crippen molar-refractivity contribution in [2.75, 3.05) is 0 Å². The average molecular weight is 922 g/mol. The van der Waals surface area contributed by atoms with Gasteiger partial charge < -0.3 is 0 Å². The zero-order valence-electron chi connectivity index (χ0n) is 36.3. The molecule has 6 aromatic carbocycles. The quantitative estimate of drug-likeness (QED) is 0.101. The van der Waals surface area contributed by atoms with Crippen LogP contribution in [0.3, 0.4) is 0 Å². The molecule has 0 saturated carbocycles. The van der Waals surface area contributed by atoms with Crippen LogP contribution in [0.25, 0.3) is 45.5 Å². The summed E-state index contributed by atoms with van der Waals surface area (Å²) >= 11 is -5.72. The SMILES string of the molecule is CCCc1ccc2c(c1-c1ccccc1)C=C(C(C)CC)[CH]2[Zr]([Cl])([Cl])([c]1cccc2c1[SiH2]c1ccccc1-2)[CH]1C(C(C)CC)=Cc2c1ccc(CCC)c2-c1ccccc1. The van der Waals surface area contributed by atoms with Crippen LogP contribution in [0.1, 0.15) is 108 Å². The van der Waals surface area contributed by atoms with E-state index in [2.05, 4.69) is 181 Å². The molecule has 305 valence electrons. The number of halogens is 2. The third kappa shape index (κ3) is 6.61. The Kier molecular flexibility index (Phi) is 11.6. The maximum atomic E-state index is 9.52. The molecule has 0 spiro atoms. The van der Waals surface area contributed by atoms with Gasteiger partial charge in [0, 0.05) is 0 Å². The Morgan fingerprint density at radius 2 is 1.00 bits per heavy atom. The van der Waals surface area contributed by atoms with E-state index in [0.717, 1.165) is 38.5 Å². The fourth-order valence-corrected chi connectivity index (χ4v) is 39.5. The van der Waals surface area contributed by atoms with E-state index >= 15 is 0 Å². The summed E-state index contributed by atoms with van der Waals surface area (Å²) in [5, 5.41) is 2.99. The van der Waals surface area contributed by atoms with Crippen molar-refractivity contribution in [2.24, 2.45) is 11.8 Å². The van der Waals surface area contributed by atoms with Crippen LogP contribution >= 0.6 is 17.0 Å². The Balaban J connectivity index is 1.42. The van der Waals surface area contributed by atoms with Gasteiger partial charge >= 0.3 is 373 Å². The molecule has 0 bridgehead atoms. The van der Waals surface area contributed by atoms with E-state index in [1.54, 1.807) is 0 Å². The second-order valence-electron chi connectivity index (χ2n) is 18.0. The van der Waals surface area contributed by atoms with Crippen molar-refractivity contribution >= 4 is 52.3 Å². The molecule has 4 unspecified atom stereocenters. The Morgan fingerprint density at radius 1 is 0.533 bits per heavy atom. The first-order valence-corrected chi connectivity index (χ1v) is 34.6. The molecule has 4 heteroatoms. The zero-order valence-corrected chi connectivity index (χ0v) is 41.7. The van der Waals surface area contributed by atoms with E-state index in [0.29, 0.717) is 11.8 Å². The van der Waals surface area contributed by atoms with Crippen molar-refractivity contribution in [3.8, 4) is 33.4 Å². The number of hydrogen-bond donors (Lipinski definition) is 0. The van der Waals surface area contributed by atoms with Crippen LogP contribution in [-0.2, 0) is 29.2 Å². The number of hydrogen-bond acceptors (Lipinski definition) is 0. The normalized spacial score (nSPS) is 18.5. The molecule has 9 rings (SSSR count). The van der Waals surface area contributed by atoms with Crippen molar-refractivity contribution in [3.05, 3.63) is 172 Å². The summed E-state index contributed by atoms with van der Waals surface area (Å²) in [5.74, 6) is 0.613. The van der Waals surface area contributed by atoms with Crippen LogP contribution in [0.4, 0.5) is 0 Å². The maximum absolute atomic E-state index is 9.52. The third-order valence-corrected chi connectivity index (χ3v) is 37.2. The van der Waals surface area contributed by atoms with Gasteiger partial charge in [-0.2, -0.15) is 0 Å². The molecule has 6 aromatic rings. The van der Waals surface area contributed by atoms with E-state index in [4.69, 9.17) is 0 Å². The van der Waals surface area contributed by atoms with Gasteiger partial charge in [0.15, 0.2) is 0 Å². The van der Waals surface area contributed by atoms with E-state index in [1.807, 2.05) is 0 Å². The first-order chi connectivity index (χ1) is 29.1. The summed E-state index contributed by atoms with van der Waals surface area (Å²) in [4.78, 5) is 0. The van der Waals surface area contributed by atoms with Crippen molar-refractivity contribution in [2.45, 2.75) is 87.3 Å². The first-order valence-electron chi connectivity index (χ1n) is 22.8. The van der Waals surface area contributed by atoms with E-state index in [9.17, 15) is 17.0 Å². The van der Waals surface area contributed by atoms with Crippen LogP contribution < -0.4 is 13.6 Å². The van der Waals surface area contributed by atoms with Crippen molar-refractivity contribution < 1.29 is 16.4 Å². The van der Waals surface area contributed by atoms with Gasteiger partial charge in [0.2, 0.25) is 0 Å². The summed E-state index contributed by atoms with van der Waals surface area (Å²) in [6.45, 7) is 14.2. The fourth-order valence-electron chi connectivity index (χ4n) is 11.5. The molecule has 4 atom stereocenters. The van der Waals surface area contributed by atoms with Crippen LogP contribution in [0.5, 0.6) is 0 Å². The van der Waals surface area contributed by atoms with Gasteiger partial charge in [-0.1, -0.05) is 0 Å². The second kappa shape index (κ2) is 16.6. The Labute approximate surface area is 370 Å². The Hall–Kier alpha value is -3.52. The standard InChI is InChI=1S/2C22H25.C12H9Si.2ClH.Zr/c2*1-4-9-17-12-13-19-14-20(16(3)5-2)15-21(19)22(17)18-10-7-6-8-11-18;1-3-7-11-9(5-1)10-6-2-4-8-12(10)13-11;;;/h2*6-8,10-16H,4-5,9H2,1-3H3;1-7H,13H2;2*1H;/q;;;;;+2/p-2. The molecule has 0 saturated heterocycles. The number of fused-ring (bicyclic) bond motifs is 5. The molecule has 0 fully saturated rings. The zero-order chi connectivity index (χ0) is 41.8. The van der Waals surface area contributed by atoms with Gasteiger partial charge in [0.1, 0.15) is 0 Å². The number of benzene rings is 6. The molecular weight excluding hydrogens is 863 g/mol. The number of aryl methyl sites for hydroxylation is 2. The van der Waals surface area contributed by atoms with E-state index in [-0.39, 0.29) is 7.25 Å². The van der Waals surface area contributed by atoms with Crippen LogP contribution in [-0.4, -0.2) is 9.52 Å². The number of allylic oxidation sites excluding steroid dienone is 2. The topological polar surface area (TPSA) is 0 Å². The summed E-state index contributed by atoms with van der Waals surface area (Å²) in [6, 6.07) is 48.3. The molecule has 1 heterocycles. The van der Waals surface area contributed by atoms with E-state index < -0.39 is 25.9 Å². The van der Waals surface area contributed by atoms with Crippen molar-refractivity contribution in [1.82, 2.24) is 0 Å². The van der Waals surface area contributed by atoms with Gasteiger partial charge in [-0.05, 0) is 0 Å². The Morgan fingerprint density at radius 3 is 1.48 bits per heavy atom. The van der Waals surface area contributed by atoms with E-state index in [1.165, 1.54) is 91.6 Å². The summed E-state index contributed by atoms with van der Waals surface area (Å²) in [6.07, 6.45) is 11.5. The predicted molar refractivity (Wildman–Crippen MR) is 263 cm³/mol. The molecule has 0 aromatic heterocycles. The molecule has 0 amide bonds. The monoisotopic (exact) mass is 919 g/mol. The van der Waals surface area contributed by atoms with Crippen LogP contribution in [0, 0.1) is 11.8 Å². The van der Waals surface area contributed by atoms with Gasteiger partial charge in [-0.15, -0.1) is 0 Å². The van der Waals surface area contributed by atoms with Gasteiger partial charge in [0.05, 0.1) is 0 Å². The summed E-state index contributed by atoms with van der Waals surface area (Å²) < 4.78 is 1.12. The minimum absolute atomic E-state index is 0.0963. The number of rotatable bonds is 13. The van der Waals surface area contributed by atoms with Gasteiger partial charge in [-0.3, -0.25) is 0 Å². The molecule has 2 aliphatic carbocycles. The van der Waals surface area contributed by atoms with Gasteiger partial charge in [-0.25, -0.2) is 0 Å². The fraction of sp³-hybridized carbons (Fsp3) is 0.286. The van der Waals surface area contributed by atoms with Crippen molar-refractivity contribution in [1.29, 1.82) is 0 Å². The molecular formula is C56H59Cl2SiZr. The second-order valence-corrected chi connectivity index (χ2v) is 40.5. The molecule has 3 aliphatic rings. The van der Waals surface area contributed by atoms with Crippen molar-refractivity contribution in [3.63, 3.8) is 0 Å². The first kappa shape index (κ1) is 41.8. The Bertz CT molecular complexity index is 2520. The van der Waals surface area contributed by atoms with Gasteiger partial charge in [0.25, 0.3) is 0 Å². The molecule has 0 N–H and O–H groups in total. The van der Waals surface area contributed by atoms with Crippen LogP contribution in [0.2, 0.25) is 0 Å². The summed E-state index contributed by atoms with van der Waals surface area (Å²) in [7, 11) is 18.2. The molecule has 0 nitrogen and oxygen atoms in total. The molecule has 1 aliphatic heterocycles. The molecule has 0 radical (unpaired) electrons. The summed E-state index contributed by atoms with van der Waals surface area (Å²) in [5.41, 5.74) is 19.1. The average Bonchev–Trinajstić information content (AvgIpc) is 3.99. The van der Waals surface area contributed by atoms with Crippen LogP contribution in [0.15, 0.2) is 139 Å².